The Kier molecular flexibility index (Phi) is 6.94. The van der Waals surface area contributed by atoms with Crippen LogP contribution in [0.2, 0.25) is 0 Å². The van der Waals surface area contributed by atoms with Gasteiger partial charge in [-0.1, -0.05) is 32.0 Å². The highest BCUT2D eigenvalue weighted by atomic mass is 32.1. The van der Waals surface area contributed by atoms with Gasteiger partial charge < -0.3 is 16.0 Å². The summed E-state index contributed by atoms with van der Waals surface area (Å²) >= 11 is 1.71. The van der Waals surface area contributed by atoms with E-state index in [1.54, 1.807) is 18.4 Å². The molecular weight excluding hydrogens is 304 g/mol. The molecule has 0 saturated carbocycles. The van der Waals surface area contributed by atoms with Crippen LogP contribution in [0.5, 0.6) is 0 Å². The smallest absolute Gasteiger partial charge is 0.191 e. The number of aliphatic imine (C=N–C) groups is 1. The number of nitrogens with zero attached hydrogens (tertiary/aromatic N) is 1. The third kappa shape index (κ3) is 5.94. The van der Waals surface area contributed by atoms with Crippen LogP contribution >= 0.6 is 11.3 Å². The Balaban J connectivity index is 1.84. The molecular formula is C18H26N4S. The lowest BCUT2D eigenvalue weighted by molar-refractivity contribution is 0.512. The molecule has 1 aromatic heterocycles. The second kappa shape index (κ2) is 9.20. The molecule has 0 radical (unpaired) electrons. The number of anilines is 1. The molecule has 3 N–H and O–H groups in total. The summed E-state index contributed by atoms with van der Waals surface area (Å²) in [6.07, 6.45) is 0. The minimum atomic E-state index is 0.331. The van der Waals surface area contributed by atoms with E-state index in [-0.39, 0.29) is 0 Å². The van der Waals surface area contributed by atoms with Gasteiger partial charge in [0.15, 0.2) is 5.96 Å². The molecule has 0 spiro atoms. The molecule has 1 aromatic carbocycles. The summed E-state index contributed by atoms with van der Waals surface area (Å²) in [4.78, 5) is 4.30. The Hall–Kier alpha value is -2.01. The van der Waals surface area contributed by atoms with E-state index in [1.807, 2.05) is 6.07 Å². The van der Waals surface area contributed by atoms with Crippen LogP contribution < -0.4 is 16.0 Å². The maximum Gasteiger partial charge on any atom is 0.191 e. The number of hydrogen-bond donors (Lipinski definition) is 3. The zero-order valence-electron chi connectivity index (χ0n) is 14.0. The molecule has 1 unspecified atom stereocenters. The Morgan fingerprint density at radius 3 is 2.52 bits per heavy atom. The van der Waals surface area contributed by atoms with Crippen LogP contribution in [0.3, 0.4) is 0 Å². The van der Waals surface area contributed by atoms with Crippen molar-refractivity contribution in [1.82, 2.24) is 10.6 Å². The molecule has 4 nitrogen and oxygen atoms in total. The van der Waals surface area contributed by atoms with E-state index in [0.717, 1.165) is 24.7 Å². The number of benzene rings is 1. The first-order valence-electron chi connectivity index (χ1n) is 7.96. The van der Waals surface area contributed by atoms with Crippen molar-refractivity contribution >= 4 is 23.0 Å². The Labute approximate surface area is 143 Å². The fourth-order valence-electron chi connectivity index (χ4n) is 2.21. The first-order valence-corrected chi connectivity index (χ1v) is 8.90. The van der Waals surface area contributed by atoms with Crippen LogP contribution in [0.15, 0.2) is 52.2 Å². The zero-order valence-corrected chi connectivity index (χ0v) is 14.9. The molecule has 2 rings (SSSR count). The van der Waals surface area contributed by atoms with Gasteiger partial charge in [0.2, 0.25) is 0 Å². The van der Waals surface area contributed by atoms with Gasteiger partial charge in [0.05, 0.1) is 0 Å². The summed E-state index contributed by atoms with van der Waals surface area (Å²) < 4.78 is 0. The van der Waals surface area contributed by atoms with Gasteiger partial charge in [0, 0.05) is 31.9 Å². The van der Waals surface area contributed by atoms with Gasteiger partial charge >= 0.3 is 0 Å². The second-order valence-electron chi connectivity index (χ2n) is 5.80. The van der Waals surface area contributed by atoms with Crippen LogP contribution in [0.1, 0.15) is 19.4 Å². The summed E-state index contributed by atoms with van der Waals surface area (Å²) in [5.41, 5.74) is 2.43. The molecule has 23 heavy (non-hydrogen) atoms. The highest BCUT2D eigenvalue weighted by molar-refractivity contribution is 7.07. The number of guanidine groups is 1. The first-order chi connectivity index (χ1) is 11.2. The highest BCUT2D eigenvalue weighted by Gasteiger charge is 2.13. The summed E-state index contributed by atoms with van der Waals surface area (Å²) in [5, 5.41) is 14.6. The first kappa shape index (κ1) is 17.3. The fourth-order valence-corrected chi connectivity index (χ4v) is 2.88. The summed E-state index contributed by atoms with van der Waals surface area (Å²) in [6.45, 7) is 6.06. The van der Waals surface area contributed by atoms with Crippen molar-refractivity contribution < 1.29 is 0 Å². The Morgan fingerprint density at radius 1 is 1.13 bits per heavy atom. The van der Waals surface area contributed by atoms with Gasteiger partial charge in [-0.15, -0.1) is 0 Å². The largest absolute Gasteiger partial charge is 0.380 e. The van der Waals surface area contributed by atoms with Gasteiger partial charge in [0.1, 0.15) is 0 Å². The van der Waals surface area contributed by atoms with Crippen molar-refractivity contribution in [2.45, 2.75) is 26.4 Å². The van der Waals surface area contributed by atoms with Gasteiger partial charge in [-0.2, -0.15) is 11.3 Å². The normalized spacial score (nSPS) is 13.0. The average Bonchev–Trinajstić information content (AvgIpc) is 3.08. The summed E-state index contributed by atoms with van der Waals surface area (Å²) in [5.74, 6) is 1.34. The van der Waals surface area contributed by atoms with E-state index in [4.69, 9.17) is 0 Å². The second-order valence-corrected chi connectivity index (χ2v) is 6.58. The lowest BCUT2D eigenvalue weighted by Gasteiger charge is -2.25. The van der Waals surface area contributed by atoms with Crippen LogP contribution in [0.25, 0.3) is 0 Å². The van der Waals surface area contributed by atoms with E-state index < -0.39 is 0 Å². The number of rotatable bonds is 7. The Bertz CT molecular complexity index is 578. The van der Waals surface area contributed by atoms with Crippen molar-refractivity contribution in [3.8, 4) is 0 Å². The quantitative estimate of drug-likeness (QED) is 0.537. The van der Waals surface area contributed by atoms with Crippen LogP contribution in [0, 0.1) is 5.92 Å². The third-order valence-electron chi connectivity index (χ3n) is 3.68. The SMILES string of the molecule is CN=C(NCc1ccsc1)NCC(Nc1ccccc1)C(C)C. The molecule has 0 aliphatic carbocycles. The minimum Gasteiger partial charge on any atom is -0.380 e. The summed E-state index contributed by atoms with van der Waals surface area (Å²) in [6, 6.07) is 12.8. The van der Waals surface area contributed by atoms with Crippen LogP contribution in [-0.2, 0) is 6.54 Å². The van der Waals surface area contributed by atoms with Crippen LogP contribution in [0.4, 0.5) is 5.69 Å². The number of hydrogen-bond acceptors (Lipinski definition) is 3. The predicted molar refractivity (Wildman–Crippen MR) is 101 cm³/mol. The monoisotopic (exact) mass is 330 g/mol. The molecule has 0 saturated heterocycles. The van der Waals surface area contributed by atoms with Crippen molar-refractivity contribution in [2.24, 2.45) is 10.9 Å². The lowest BCUT2D eigenvalue weighted by Crippen LogP contribution is -2.44. The standard InChI is InChI=1S/C18H26N4S/c1-14(2)17(22-16-7-5-4-6-8-16)12-21-18(19-3)20-11-15-9-10-23-13-15/h4-10,13-14,17,22H,11-12H2,1-3H3,(H2,19,20,21). The zero-order chi connectivity index (χ0) is 16.5. The van der Waals surface area contributed by atoms with Crippen molar-refractivity contribution in [3.63, 3.8) is 0 Å². The highest BCUT2D eigenvalue weighted by Crippen LogP contribution is 2.11. The Morgan fingerprint density at radius 2 is 1.91 bits per heavy atom. The van der Waals surface area contributed by atoms with E-state index in [9.17, 15) is 0 Å². The van der Waals surface area contributed by atoms with E-state index in [1.165, 1.54) is 5.56 Å². The number of para-hydroxylation sites is 1. The van der Waals surface area contributed by atoms with E-state index >= 15 is 0 Å². The molecule has 1 heterocycles. The van der Waals surface area contributed by atoms with Crippen molar-refractivity contribution in [3.05, 3.63) is 52.7 Å². The lowest BCUT2D eigenvalue weighted by atomic mass is 10.0. The number of thiophene rings is 1. The molecule has 0 fully saturated rings. The van der Waals surface area contributed by atoms with Gasteiger partial charge in [-0.3, -0.25) is 4.99 Å². The van der Waals surface area contributed by atoms with Gasteiger partial charge in [-0.25, -0.2) is 0 Å². The maximum atomic E-state index is 4.30. The summed E-state index contributed by atoms with van der Waals surface area (Å²) in [7, 11) is 1.80. The number of nitrogens with one attached hydrogen (secondary N) is 3. The van der Waals surface area contributed by atoms with Crippen molar-refractivity contribution in [1.29, 1.82) is 0 Å². The van der Waals surface area contributed by atoms with Gasteiger partial charge in [0.25, 0.3) is 0 Å². The molecule has 0 amide bonds. The molecule has 0 bridgehead atoms. The van der Waals surface area contributed by atoms with E-state index in [0.29, 0.717) is 12.0 Å². The minimum absolute atomic E-state index is 0.331. The molecule has 0 aliphatic heterocycles. The maximum absolute atomic E-state index is 4.30. The fraction of sp³-hybridized carbons (Fsp3) is 0.389. The van der Waals surface area contributed by atoms with Crippen molar-refractivity contribution in [2.75, 3.05) is 18.9 Å². The van der Waals surface area contributed by atoms with E-state index in [2.05, 4.69) is 75.9 Å². The molecule has 0 aliphatic rings. The molecule has 124 valence electrons. The molecule has 2 aromatic rings. The average molecular weight is 331 g/mol. The third-order valence-corrected chi connectivity index (χ3v) is 4.42. The predicted octanol–water partition coefficient (Wildman–Crippen LogP) is 3.55. The van der Waals surface area contributed by atoms with Gasteiger partial charge in [-0.05, 0) is 40.4 Å². The molecule has 1 atom stereocenters. The van der Waals surface area contributed by atoms with Crippen LogP contribution in [-0.4, -0.2) is 25.6 Å². The topological polar surface area (TPSA) is 48.5 Å². The molecule has 5 heteroatoms.